The van der Waals surface area contributed by atoms with Crippen LogP contribution in [-0.4, -0.2) is 35.5 Å². The summed E-state index contributed by atoms with van der Waals surface area (Å²) < 4.78 is 0. The van der Waals surface area contributed by atoms with Crippen molar-refractivity contribution in [1.29, 1.82) is 0 Å². The summed E-state index contributed by atoms with van der Waals surface area (Å²) in [5, 5.41) is 9.09. The van der Waals surface area contributed by atoms with E-state index in [1.807, 2.05) is 0 Å². The van der Waals surface area contributed by atoms with Gasteiger partial charge in [0.1, 0.15) is 0 Å². The van der Waals surface area contributed by atoms with Gasteiger partial charge >= 0.3 is 5.97 Å². The van der Waals surface area contributed by atoms with Gasteiger partial charge in [-0.1, -0.05) is 0 Å². The number of aliphatic carboxylic acids is 1. The number of carboxylic acids is 1. The standard InChI is InChI=1S/C10H15NO3/c1-11-5-7(4-8(11)12)9(10(13)14)6-2-3-6/h6-7,9H,2-5H2,1H3,(H,13,14). The number of likely N-dealkylation sites (tertiary alicyclic amines) is 1. The number of amides is 1. The van der Waals surface area contributed by atoms with Crippen molar-refractivity contribution in [3.63, 3.8) is 0 Å². The van der Waals surface area contributed by atoms with E-state index in [1.54, 1.807) is 11.9 Å². The first-order valence-corrected chi connectivity index (χ1v) is 5.06. The normalized spacial score (nSPS) is 29.4. The zero-order valence-corrected chi connectivity index (χ0v) is 8.27. The van der Waals surface area contributed by atoms with Crippen molar-refractivity contribution in [1.82, 2.24) is 4.90 Å². The molecule has 2 unspecified atom stereocenters. The third-order valence-electron chi connectivity index (χ3n) is 3.29. The Hall–Kier alpha value is -1.06. The van der Waals surface area contributed by atoms with E-state index in [0.717, 1.165) is 12.8 Å². The molecular formula is C10H15NO3. The lowest BCUT2D eigenvalue weighted by Gasteiger charge is -2.17. The van der Waals surface area contributed by atoms with Crippen LogP contribution >= 0.6 is 0 Å². The van der Waals surface area contributed by atoms with Crippen molar-refractivity contribution in [3.8, 4) is 0 Å². The number of hydrogen-bond acceptors (Lipinski definition) is 2. The van der Waals surface area contributed by atoms with E-state index < -0.39 is 5.97 Å². The minimum atomic E-state index is -0.722. The molecule has 4 heteroatoms. The van der Waals surface area contributed by atoms with Crippen LogP contribution in [0.5, 0.6) is 0 Å². The Morgan fingerprint density at radius 3 is 2.50 bits per heavy atom. The average Bonchev–Trinajstić information content (AvgIpc) is 2.82. The summed E-state index contributed by atoms with van der Waals surface area (Å²) in [5.41, 5.74) is 0. The highest BCUT2D eigenvalue weighted by Gasteiger charge is 2.45. The molecule has 1 heterocycles. The SMILES string of the molecule is CN1CC(C(C(=O)O)C2CC2)CC1=O. The Balaban J connectivity index is 2.05. The van der Waals surface area contributed by atoms with Crippen molar-refractivity contribution in [2.75, 3.05) is 13.6 Å². The fraction of sp³-hybridized carbons (Fsp3) is 0.800. The third-order valence-corrected chi connectivity index (χ3v) is 3.29. The summed E-state index contributed by atoms with van der Waals surface area (Å²) >= 11 is 0. The molecule has 1 saturated carbocycles. The average molecular weight is 197 g/mol. The molecule has 1 aliphatic carbocycles. The van der Waals surface area contributed by atoms with Gasteiger partial charge in [-0.3, -0.25) is 9.59 Å². The Bertz CT molecular complexity index is 273. The first-order chi connectivity index (χ1) is 6.59. The molecule has 1 amide bonds. The summed E-state index contributed by atoms with van der Waals surface area (Å²) in [6, 6.07) is 0. The maximum Gasteiger partial charge on any atom is 0.307 e. The quantitative estimate of drug-likeness (QED) is 0.719. The molecule has 1 saturated heterocycles. The minimum Gasteiger partial charge on any atom is -0.481 e. The van der Waals surface area contributed by atoms with Gasteiger partial charge in [-0.15, -0.1) is 0 Å². The zero-order valence-electron chi connectivity index (χ0n) is 8.27. The molecule has 2 aliphatic rings. The zero-order chi connectivity index (χ0) is 10.3. The van der Waals surface area contributed by atoms with Gasteiger partial charge in [0.15, 0.2) is 0 Å². The van der Waals surface area contributed by atoms with Crippen LogP contribution in [0.1, 0.15) is 19.3 Å². The number of carbonyl (C=O) groups is 2. The van der Waals surface area contributed by atoms with Crippen LogP contribution in [0.2, 0.25) is 0 Å². The predicted octanol–water partition coefficient (Wildman–Crippen LogP) is 0.575. The van der Waals surface area contributed by atoms with E-state index in [9.17, 15) is 9.59 Å². The van der Waals surface area contributed by atoms with Crippen LogP contribution in [0.3, 0.4) is 0 Å². The summed E-state index contributed by atoms with van der Waals surface area (Å²) in [4.78, 5) is 24.0. The lowest BCUT2D eigenvalue weighted by Crippen LogP contribution is -2.27. The number of nitrogens with zero attached hydrogens (tertiary/aromatic N) is 1. The fourth-order valence-corrected chi connectivity index (χ4v) is 2.38. The second-order valence-electron chi connectivity index (χ2n) is 4.44. The van der Waals surface area contributed by atoms with E-state index in [4.69, 9.17) is 5.11 Å². The number of rotatable bonds is 3. The van der Waals surface area contributed by atoms with Crippen LogP contribution < -0.4 is 0 Å². The predicted molar refractivity (Wildman–Crippen MR) is 49.6 cm³/mol. The first kappa shape index (κ1) is 9.49. The molecule has 0 spiro atoms. The molecule has 0 bridgehead atoms. The summed E-state index contributed by atoms with van der Waals surface area (Å²) in [6.45, 7) is 0.617. The highest BCUT2D eigenvalue weighted by Crippen LogP contribution is 2.43. The lowest BCUT2D eigenvalue weighted by atomic mass is 9.87. The van der Waals surface area contributed by atoms with Crippen LogP contribution in [0.15, 0.2) is 0 Å². The van der Waals surface area contributed by atoms with E-state index in [0.29, 0.717) is 18.9 Å². The molecule has 1 aliphatic heterocycles. The van der Waals surface area contributed by atoms with Crippen molar-refractivity contribution < 1.29 is 14.7 Å². The monoisotopic (exact) mass is 197 g/mol. The van der Waals surface area contributed by atoms with Gasteiger partial charge < -0.3 is 10.0 Å². The van der Waals surface area contributed by atoms with Gasteiger partial charge in [0, 0.05) is 20.0 Å². The molecule has 2 fully saturated rings. The van der Waals surface area contributed by atoms with Crippen molar-refractivity contribution in [2.24, 2.45) is 17.8 Å². The highest BCUT2D eigenvalue weighted by molar-refractivity contribution is 5.80. The molecule has 2 rings (SSSR count). The molecule has 4 nitrogen and oxygen atoms in total. The smallest absolute Gasteiger partial charge is 0.307 e. The molecule has 0 aromatic heterocycles. The van der Waals surface area contributed by atoms with Crippen LogP contribution in [-0.2, 0) is 9.59 Å². The highest BCUT2D eigenvalue weighted by atomic mass is 16.4. The third kappa shape index (κ3) is 1.61. The van der Waals surface area contributed by atoms with Crippen molar-refractivity contribution >= 4 is 11.9 Å². The minimum absolute atomic E-state index is 0.0394. The van der Waals surface area contributed by atoms with Crippen LogP contribution in [0, 0.1) is 17.8 Å². The molecular weight excluding hydrogens is 182 g/mol. The Kier molecular flexibility index (Phi) is 2.21. The molecule has 1 N–H and O–H groups in total. The van der Waals surface area contributed by atoms with Gasteiger partial charge in [0.05, 0.1) is 5.92 Å². The molecule has 0 aromatic rings. The number of carboxylic acid groups (broad SMARTS) is 1. The van der Waals surface area contributed by atoms with Crippen LogP contribution in [0.4, 0.5) is 0 Å². The first-order valence-electron chi connectivity index (χ1n) is 5.06. The second kappa shape index (κ2) is 3.26. The van der Waals surface area contributed by atoms with E-state index in [2.05, 4.69) is 0 Å². The Labute approximate surface area is 82.9 Å². The molecule has 0 radical (unpaired) electrons. The maximum atomic E-state index is 11.3. The summed E-state index contributed by atoms with van der Waals surface area (Å²) in [5.74, 6) is -0.555. The molecule has 2 atom stereocenters. The van der Waals surface area contributed by atoms with Gasteiger partial charge in [-0.25, -0.2) is 0 Å². The maximum absolute atomic E-state index is 11.3. The topological polar surface area (TPSA) is 57.6 Å². The summed E-state index contributed by atoms with van der Waals surface area (Å²) in [7, 11) is 1.74. The summed E-state index contributed by atoms with van der Waals surface area (Å²) in [6.07, 6.45) is 2.46. The molecule has 78 valence electrons. The molecule has 0 aromatic carbocycles. The van der Waals surface area contributed by atoms with E-state index in [1.165, 1.54) is 0 Å². The number of carbonyl (C=O) groups excluding carboxylic acids is 1. The Morgan fingerprint density at radius 2 is 2.14 bits per heavy atom. The van der Waals surface area contributed by atoms with E-state index >= 15 is 0 Å². The largest absolute Gasteiger partial charge is 0.481 e. The lowest BCUT2D eigenvalue weighted by molar-refractivity contribution is -0.144. The van der Waals surface area contributed by atoms with E-state index in [-0.39, 0.29) is 17.7 Å². The van der Waals surface area contributed by atoms with Crippen LogP contribution in [0.25, 0.3) is 0 Å². The van der Waals surface area contributed by atoms with Crippen molar-refractivity contribution in [2.45, 2.75) is 19.3 Å². The molecule has 14 heavy (non-hydrogen) atoms. The van der Waals surface area contributed by atoms with Gasteiger partial charge in [0.2, 0.25) is 5.91 Å². The van der Waals surface area contributed by atoms with Gasteiger partial charge in [-0.2, -0.15) is 0 Å². The Morgan fingerprint density at radius 1 is 1.50 bits per heavy atom. The van der Waals surface area contributed by atoms with Crippen molar-refractivity contribution in [3.05, 3.63) is 0 Å². The number of hydrogen-bond donors (Lipinski definition) is 1. The second-order valence-corrected chi connectivity index (χ2v) is 4.44. The van der Waals surface area contributed by atoms with Gasteiger partial charge in [-0.05, 0) is 24.7 Å². The van der Waals surface area contributed by atoms with Gasteiger partial charge in [0.25, 0.3) is 0 Å². The fourth-order valence-electron chi connectivity index (χ4n) is 2.38.